The van der Waals surface area contributed by atoms with Crippen molar-refractivity contribution < 1.29 is 13.9 Å². The van der Waals surface area contributed by atoms with Crippen LogP contribution in [0, 0.1) is 0 Å². The number of hydrogen-bond donors (Lipinski definition) is 1. The third-order valence-corrected chi connectivity index (χ3v) is 7.15. The van der Waals surface area contributed by atoms with Gasteiger partial charge in [0.15, 0.2) is 5.76 Å². The smallest absolute Gasteiger partial charge is 0.307 e. The second-order valence-electron chi connectivity index (χ2n) is 9.32. The number of benzene rings is 4. The van der Waals surface area contributed by atoms with Gasteiger partial charge in [-0.2, -0.15) is 5.10 Å². The van der Waals surface area contributed by atoms with Crippen LogP contribution < -0.4 is 10.2 Å². The molecule has 2 aromatic heterocycles. The Labute approximate surface area is 246 Å². The standard InChI is InChI=1S/C34H26BrN3O3/c1-2-40-29-17-18-31-25(19-29)21-32(41-31)34(39)37-36-22-26-20-30(23-9-5-3-6-10-23)38(28-15-13-27(35)14-16-28)33(26)24-11-7-4-8-12-24/h3-22H,2H2,1H3,(H,37,39)/b36-22-. The van der Waals surface area contributed by atoms with Crippen LogP contribution in [0.2, 0.25) is 0 Å². The number of rotatable bonds is 8. The lowest BCUT2D eigenvalue weighted by atomic mass is 10.1. The monoisotopic (exact) mass is 603 g/mol. The first-order chi connectivity index (χ1) is 20.1. The number of fused-ring (bicyclic) bond motifs is 1. The maximum absolute atomic E-state index is 13.0. The summed E-state index contributed by atoms with van der Waals surface area (Å²) < 4.78 is 14.5. The zero-order valence-electron chi connectivity index (χ0n) is 22.3. The van der Waals surface area contributed by atoms with Gasteiger partial charge in [0.05, 0.1) is 24.2 Å². The Hall–Kier alpha value is -4.88. The van der Waals surface area contributed by atoms with Crippen molar-refractivity contribution >= 4 is 39.0 Å². The van der Waals surface area contributed by atoms with Gasteiger partial charge in [-0.25, -0.2) is 5.43 Å². The minimum atomic E-state index is -0.438. The highest BCUT2D eigenvalue weighted by Gasteiger charge is 2.19. The molecule has 0 radical (unpaired) electrons. The lowest BCUT2D eigenvalue weighted by Crippen LogP contribution is -2.16. The van der Waals surface area contributed by atoms with Crippen molar-refractivity contribution in [2.24, 2.45) is 5.10 Å². The average molecular weight is 605 g/mol. The van der Waals surface area contributed by atoms with E-state index in [0.717, 1.165) is 49.4 Å². The van der Waals surface area contributed by atoms with E-state index in [1.54, 1.807) is 18.3 Å². The summed E-state index contributed by atoms with van der Waals surface area (Å²) in [7, 11) is 0. The van der Waals surface area contributed by atoms with Crippen molar-refractivity contribution in [2.75, 3.05) is 6.61 Å². The highest BCUT2D eigenvalue weighted by atomic mass is 79.9. The molecule has 0 spiro atoms. The van der Waals surface area contributed by atoms with Crippen LogP contribution in [0.15, 0.2) is 129 Å². The number of hydrogen-bond acceptors (Lipinski definition) is 4. The molecule has 4 aromatic carbocycles. The molecule has 0 fully saturated rings. The summed E-state index contributed by atoms with van der Waals surface area (Å²) >= 11 is 3.55. The molecule has 1 N–H and O–H groups in total. The van der Waals surface area contributed by atoms with E-state index in [1.165, 1.54) is 0 Å². The summed E-state index contributed by atoms with van der Waals surface area (Å²) in [5.41, 5.74) is 9.13. The molecular weight excluding hydrogens is 578 g/mol. The fourth-order valence-corrected chi connectivity index (χ4v) is 5.07. The summed E-state index contributed by atoms with van der Waals surface area (Å²) in [4.78, 5) is 13.0. The second-order valence-corrected chi connectivity index (χ2v) is 10.2. The van der Waals surface area contributed by atoms with E-state index in [-0.39, 0.29) is 5.76 Å². The number of ether oxygens (including phenoxy) is 1. The van der Waals surface area contributed by atoms with Crippen molar-refractivity contribution in [1.82, 2.24) is 9.99 Å². The van der Waals surface area contributed by atoms with Gasteiger partial charge in [-0.05, 0) is 72.6 Å². The number of amides is 1. The number of hydrazone groups is 1. The summed E-state index contributed by atoms with van der Waals surface area (Å²) in [6.07, 6.45) is 1.68. The Bertz CT molecular complexity index is 1840. The topological polar surface area (TPSA) is 68.8 Å². The first-order valence-electron chi connectivity index (χ1n) is 13.2. The van der Waals surface area contributed by atoms with Crippen molar-refractivity contribution in [3.63, 3.8) is 0 Å². The molecule has 0 aliphatic heterocycles. The SMILES string of the molecule is CCOc1ccc2oc(C(=O)N/N=C\c3cc(-c4ccccc4)n(-c4ccc(Br)cc4)c3-c3ccccc3)cc2c1. The van der Waals surface area contributed by atoms with E-state index in [2.05, 4.69) is 73.5 Å². The predicted octanol–water partition coefficient (Wildman–Crippen LogP) is 8.48. The van der Waals surface area contributed by atoms with Crippen LogP contribution in [0.25, 0.3) is 39.2 Å². The third-order valence-electron chi connectivity index (χ3n) is 6.62. The van der Waals surface area contributed by atoms with Gasteiger partial charge in [-0.1, -0.05) is 76.6 Å². The van der Waals surface area contributed by atoms with Crippen LogP contribution in [0.3, 0.4) is 0 Å². The molecule has 6 aromatic rings. The second kappa shape index (κ2) is 11.7. The van der Waals surface area contributed by atoms with Crippen LogP contribution >= 0.6 is 15.9 Å². The van der Waals surface area contributed by atoms with Crippen molar-refractivity contribution in [3.05, 3.63) is 131 Å². The molecule has 41 heavy (non-hydrogen) atoms. The van der Waals surface area contributed by atoms with Gasteiger partial charge in [0.1, 0.15) is 11.3 Å². The number of aromatic nitrogens is 1. The lowest BCUT2D eigenvalue weighted by molar-refractivity contribution is 0.0929. The fourth-order valence-electron chi connectivity index (χ4n) is 4.80. The van der Waals surface area contributed by atoms with Crippen molar-refractivity contribution in [2.45, 2.75) is 6.92 Å². The van der Waals surface area contributed by atoms with Gasteiger partial charge < -0.3 is 13.7 Å². The number of carbonyl (C=O) groups is 1. The maximum Gasteiger partial charge on any atom is 0.307 e. The molecule has 7 heteroatoms. The minimum absolute atomic E-state index is 0.173. The van der Waals surface area contributed by atoms with E-state index in [9.17, 15) is 4.79 Å². The first kappa shape index (κ1) is 26.3. The molecule has 0 unspecified atom stereocenters. The molecule has 202 valence electrons. The number of nitrogens with zero attached hydrogens (tertiary/aromatic N) is 2. The Morgan fingerprint density at radius 3 is 2.32 bits per heavy atom. The molecule has 0 saturated carbocycles. The van der Waals surface area contributed by atoms with Crippen molar-refractivity contribution in [3.8, 4) is 34.0 Å². The average Bonchev–Trinajstić information content (AvgIpc) is 3.60. The summed E-state index contributed by atoms with van der Waals surface area (Å²) in [5.74, 6) is 0.461. The van der Waals surface area contributed by atoms with Gasteiger partial charge in [0.25, 0.3) is 0 Å². The molecular formula is C34H26BrN3O3. The minimum Gasteiger partial charge on any atom is -0.494 e. The van der Waals surface area contributed by atoms with Gasteiger partial charge in [0, 0.05) is 21.1 Å². The molecule has 0 aliphatic rings. The molecule has 6 rings (SSSR count). The van der Waals surface area contributed by atoms with E-state index in [4.69, 9.17) is 9.15 Å². The number of nitrogens with one attached hydrogen (secondary N) is 1. The molecule has 2 heterocycles. The van der Waals surface area contributed by atoms with E-state index in [1.807, 2.05) is 67.6 Å². The third kappa shape index (κ3) is 5.58. The number of halogens is 1. The molecule has 0 atom stereocenters. The summed E-state index contributed by atoms with van der Waals surface area (Å²) in [6, 6.07) is 37.8. The summed E-state index contributed by atoms with van der Waals surface area (Å²) in [6.45, 7) is 2.49. The van der Waals surface area contributed by atoms with Gasteiger partial charge >= 0.3 is 5.91 Å². The van der Waals surface area contributed by atoms with Crippen LogP contribution in [0.4, 0.5) is 0 Å². The van der Waals surface area contributed by atoms with Gasteiger partial charge in [-0.3, -0.25) is 4.79 Å². The zero-order valence-corrected chi connectivity index (χ0v) is 23.8. The normalized spacial score (nSPS) is 11.3. The molecule has 1 amide bonds. The van der Waals surface area contributed by atoms with Crippen molar-refractivity contribution in [1.29, 1.82) is 0 Å². The Morgan fingerprint density at radius 1 is 0.902 bits per heavy atom. The highest BCUT2D eigenvalue weighted by molar-refractivity contribution is 9.10. The van der Waals surface area contributed by atoms with E-state index >= 15 is 0 Å². The zero-order chi connectivity index (χ0) is 28.2. The molecule has 0 saturated heterocycles. The largest absolute Gasteiger partial charge is 0.494 e. The Morgan fingerprint density at radius 2 is 1.61 bits per heavy atom. The van der Waals surface area contributed by atoms with Crippen LogP contribution in [0.5, 0.6) is 5.75 Å². The Balaban J connectivity index is 1.39. The van der Waals surface area contributed by atoms with Gasteiger partial charge in [-0.15, -0.1) is 0 Å². The lowest BCUT2D eigenvalue weighted by Gasteiger charge is -2.15. The van der Waals surface area contributed by atoms with Crippen LogP contribution in [-0.2, 0) is 0 Å². The maximum atomic E-state index is 13.0. The first-order valence-corrected chi connectivity index (χ1v) is 14.0. The van der Waals surface area contributed by atoms with E-state index in [0.29, 0.717) is 12.2 Å². The Kier molecular flexibility index (Phi) is 7.52. The number of furan rings is 1. The fraction of sp³-hybridized carbons (Fsp3) is 0.0588. The van der Waals surface area contributed by atoms with E-state index < -0.39 is 5.91 Å². The molecule has 6 nitrogen and oxygen atoms in total. The predicted molar refractivity (Wildman–Crippen MR) is 167 cm³/mol. The quantitative estimate of drug-likeness (QED) is 0.140. The van der Waals surface area contributed by atoms with Crippen LogP contribution in [-0.4, -0.2) is 23.3 Å². The molecule has 0 aliphatic carbocycles. The summed E-state index contributed by atoms with van der Waals surface area (Å²) in [5, 5.41) is 5.13. The highest BCUT2D eigenvalue weighted by Crippen LogP contribution is 2.35. The van der Waals surface area contributed by atoms with Gasteiger partial charge in [0.2, 0.25) is 0 Å². The van der Waals surface area contributed by atoms with Crippen LogP contribution in [0.1, 0.15) is 23.0 Å². The molecule has 0 bridgehead atoms. The number of carbonyl (C=O) groups excluding carboxylic acids is 1.